The van der Waals surface area contributed by atoms with Crippen LogP contribution in [0.5, 0.6) is 0 Å². The van der Waals surface area contributed by atoms with Crippen molar-refractivity contribution in [3.63, 3.8) is 0 Å². The van der Waals surface area contributed by atoms with E-state index in [2.05, 4.69) is 57.7 Å². The third-order valence-corrected chi connectivity index (χ3v) is 15.0. The number of aromatic nitrogens is 4. The molecule has 0 aliphatic heterocycles. The van der Waals surface area contributed by atoms with E-state index in [1.807, 2.05) is 182 Å². The number of fused-ring (bicyclic) bond motifs is 6. The minimum absolute atomic E-state index is 0.207. The van der Waals surface area contributed by atoms with Gasteiger partial charge in [0.1, 0.15) is 0 Å². The summed E-state index contributed by atoms with van der Waals surface area (Å²) in [6.07, 6.45) is 0. The smallest absolute Gasteiger partial charge is 0.160 e. The van der Waals surface area contributed by atoms with E-state index in [1.165, 1.54) is 24.3 Å². The predicted molar refractivity (Wildman–Crippen MR) is 316 cm³/mol. The van der Waals surface area contributed by atoms with Crippen LogP contribution in [-0.2, 0) is 0 Å². The Labute approximate surface area is 469 Å². The molecule has 0 atom stereocenters. The van der Waals surface area contributed by atoms with Crippen molar-refractivity contribution in [1.82, 2.24) is 19.1 Å². The first kappa shape index (κ1) is 48.9. The SMILES string of the molecule is N#Cc1cc(C#N)c(-c2ccc3c(c2)c2ccccc2n3-c2ccc(-c3nc(-c4ccccc4)cc(-c4ccccc4)n3)cc2-c2c(C#N)cccc2-n2c3ccccc3c3cc(-c4c(C#N)cc(C#N)cc4C#N)ccc32)c(C#N)c1. The molecule has 0 spiro atoms. The van der Waals surface area contributed by atoms with Crippen molar-refractivity contribution in [1.29, 1.82) is 36.8 Å². The van der Waals surface area contributed by atoms with Gasteiger partial charge in [0.2, 0.25) is 0 Å². The highest BCUT2D eigenvalue weighted by Gasteiger charge is 2.26. The van der Waals surface area contributed by atoms with E-state index in [-0.39, 0.29) is 33.4 Å². The van der Waals surface area contributed by atoms with E-state index in [9.17, 15) is 36.8 Å². The molecule has 374 valence electrons. The Morgan fingerprint density at radius 2 is 0.707 bits per heavy atom. The molecule has 0 saturated heterocycles. The maximum absolute atomic E-state index is 11.4. The summed E-state index contributed by atoms with van der Waals surface area (Å²) in [5.74, 6) is 0.459. The van der Waals surface area contributed by atoms with E-state index in [0.29, 0.717) is 56.0 Å². The number of benzene rings is 10. The molecule has 0 aliphatic carbocycles. The molecule has 82 heavy (non-hydrogen) atoms. The van der Waals surface area contributed by atoms with E-state index >= 15 is 0 Å². The van der Waals surface area contributed by atoms with Crippen LogP contribution >= 0.6 is 0 Å². The molecule has 0 radical (unpaired) electrons. The Bertz CT molecular complexity index is 5060. The summed E-state index contributed by atoms with van der Waals surface area (Å²) in [5.41, 5.74) is 13.7. The number of para-hydroxylation sites is 2. The van der Waals surface area contributed by atoms with Crippen LogP contribution in [0.25, 0.3) is 122 Å². The molecular weight excluding hydrogens is 1010 g/mol. The molecule has 0 N–H and O–H groups in total. The van der Waals surface area contributed by atoms with Crippen molar-refractivity contribution in [3.05, 3.63) is 251 Å². The second kappa shape index (κ2) is 20.0. The molecule has 0 amide bonds. The number of hydrogen-bond acceptors (Lipinski definition) is 9. The summed E-state index contributed by atoms with van der Waals surface area (Å²) >= 11 is 0. The summed E-state index contributed by atoms with van der Waals surface area (Å²) in [5, 5.41) is 75.9. The van der Waals surface area contributed by atoms with Gasteiger partial charge in [0.05, 0.1) is 126 Å². The fourth-order valence-electron chi connectivity index (χ4n) is 11.4. The largest absolute Gasteiger partial charge is 0.309 e. The zero-order valence-electron chi connectivity index (χ0n) is 43.1. The second-order valence-electron chi connectivity index (χ2n) is 19.5. The Hall–Kier alpha value is -12.7. The summed E-state index contributed by atoms with van der Waals surface area (Å²) < 4.78 is 4.32. The van der Waals surface area contributed by atoms with Gasteiger partial charge in [0.15, 0.2) is 5.82 Å². The first-order valence-corrected chi connectivity index (χ1v) is 25.9. The Morgan fingerprint density at radius 3 is 1.17 bits per heavy atom. The maximum Gasteiger partial charge on any atom is 0.160 e. The summed E-state index contributed by atoms with van der Waals surface area (Å²) in [6.45, 7) is 0. The van der Waals surface area contributed by atoms with Crippen LogP contribution in [0.2, 0.25) is 0 Å². The zero-order chi connectivity index (χ0) is 56.0. The lowest BCUT2D eigenvalue weighted by molar-refractivity contribution is 1.15. The minimum atomic E-state index is 0.207. The highest BCUT2D eigenvalue weighted by Crippen LogP contribution is 2.45. The van der Waals surface area contributed by atoms with Crippen molar-refractivity contribution in [2.75, 3.05) is 0 Å². The zero-order valence-corrected chi connectivity index (χ0v) is 43.1. The fourth-order valence-corrected chi connectivity index (χ4v) is 11.4. The molecule has 0 unspecified atom stereocenters. The van der Waals surface area contributed by atoms with Gasteiger partial charge >= 0.3 is 0 Å². The number of rotatable bonds is 8. The molecule has 11 heteroatoms. The average Bonchev–Trinajstić information content (AvgIpc) is 3.46. The van der Waals surface area contributed by atoms with E-state index in [1.54, 1.807) is 0 Å². The first-order valence-electron chi connectivity index (χ1n) is 25.9. The third kappa shape index (κ3) is 8.00. The molecule has 3 aromatic heterocycles. The highest BCUT2D eigenvalue weighted by atomic mass is 15.0. The molecule has 0 fully saturated rings. The van der Waals surface area contributed by atoms with Crippen LogP contribution in [0.15, 0.2) is 212 Å². The van der Waals surface area contributed by atoms with Gasteiger partial charge in [-0.2, -0.15) is 36.8 Å². The van der Waals surface area contributed by atoms with Crippen LogP contribution in [0, 0.1) is 79.3 Å². The van der Waals surface area contributed by atoms with Crippen molar-refractivity contribution >= 4 is 43.6 Å². The monoisotopic (exact) mass is 1040 g/mol. The Balaban J connectivity index is 1.11. The molecule has 13 aromatic rings. The van der Waals surface area contributed by atoms with Crippen molar-refractivity contribution in [2.24, 2.45) is 0 Å². The molecule has 10 aromatic carbocycles. The van der Waals surface area contributed by atoms with Crippen LogP contribution < -0.4 is 0 Å². The first-order chi connectivity index (χ1) is 40.3. The van der Waals surface area contributed by atoms with Gasteiger partial charge in [0, 0.05) is 60.5 Å². The van der Waals surface area contributed by atoms with Crippen LogP contribution in [0.4, 0.5) is 0 Å². The lowest BCUT2D eigenvalue weighted by Crippen LogP contribution is -2.04. The lowest BCUT2D eigenvalue weighted by Gasteiger charge is -2.21. The molecule has 0 aliphatic rings. The molecule has 11 nitrogen and oxygen atoms in total. The maximum atomic E-state index is 11.4. The summed E-state index contributed by atoms with van der Waals surface area (Å²) in [7, 11) is 0. The van der Waals surface area contributed by atoms with E-state index in [0.717, 1.165) is 71.8 Å². The topological polar surface area (TPSA) is 202 Å². The van der Waals surface area contributed by atoms with Gasteiger partial charge < -0.3 is 9.13 Å². The highest BCUT2D eigenvalue weighted by molar-refractivity contribution is 6.13. The van der Waals surface area contributed by atoms with Gasteiger partial charge in [-0.05, 0) is 108 Å². The molecule has 0 bridgehead atoms. The number of nitrogens with zero attached hydrogens (tertiary/aromatic N) is 11. The van der Waals surface area contributed by atoms with Gasteiger partial charge in [-0.25, -0.2) is 9.97 Å². The van der Waals surface area contributed by atoms with Crippen molar-refractivity contribution < 1.29 is 0 Å². The molecule has 0 saturated carbocycles. The Morgan fingerprint density at radius 1 is 0.280 bits per heavy atom. The predicted octanol–water partition coefficient (Wildman–Crippen LogP) is 15.8. The van der Waals surface area contributed by atoms with Crippen LogP contribution in [0.1, 0.15) is 38.9 Å². The van der Waals surface area contributed by atoms with Gasteiger partial charge in [-0.15, -0.1) is 0 Å². The van der Waals surface area contributed by atoms with Crippen LogP contribution in [-0.4, -0.2) is 19.1 Å². The van der Waals surface area contributed by atoms with Crippen molar-refractivity contribution in [3.8, 4) is 121 Å². The van der Waals surface area contributed by atoms with Crippen molar-refractivity contribution in [2.45, 2.75) is 0 Å². The van der Waals surface area contributed by atoms with Crippen LogP contribution in [0.3, 0.4) is 0 Å². The quantitative estimate of drug-likeness (QED) is 0.142. The normalized spacial score (nSPS) is 10.8. The molecule has 3 heterocycles. The van der Waals surface area contributed by atoms with E-state index < -0.39 is 0 Å². The summed E-state index contributed by atoms with van der Waals surface area (Å²) in [6, 6.07) is 83.0. The molecule has 13 rings (SSSR count). The number of hydrogen-bond donors (Lipinski definition) is 0. The lowest BCUT2D eigenvalue weighted by atomic mass is 9.92. The third-order valence-electron chi connectivity index (χ3n) is 15.0. The molecular formula is C71H35N11. The van der Waals surface area contributed by atoms with Gasteiger partial charge in [0.25, 0.3) is 0 Å². The van der Waals surface area contributed by atoms with Gasteiger partial charge in [-0.3, -0.25) is 0 Å². The number of nitriles is 7. The fraction of sp³-hybridized carbons (Fsp3) is 0. The Kier molecular flexibility index (Phi) is 11.9. The van der Waals surface area contributed by atoms with Gasteiger partial charge in [-0.1, -0.05) is 115 Å². The minimum Gasteiger partial charge on any atom is -0.309 e. The second-order valence-corrected chi connectivity index (χ2v) is 19.5. The standard InChI is InChI=1S/C71H35N11/c72-36-43-28-51(39-75)68(52(29-43)40-76)47-22-25-64-57(32-47)55-17-7-9-19-62(55)81(64)66-27-24-49(71-79-60(45-12-3-1-4-13-45)35-61(80-71)46-14-5-2-6-15-46)34-59(66)70-50(38-74)16-11-21-67(70)82-63-20-10-8-18-56(63)58-33-48(23-26-65(58)82)69-53(41-77)30-44(37-73)31-54(69)42-78/h1-35H. The summed E-state index contributed by atoms with van der Waals surface area (Å²) in [4.78, 5) is 10.5. The average molecular weight is 1040 g/mol. The van der Waals surface area contributed by atoms with E-state index in [4.69, 9.17) is 9.97 Å².